The summed E-state index contributed by atoms with van der Waals surface area (Å²) in [5, 5.41) is 8.03. The Morgan fingerprint density at radius 1 is 0.966 bits per heavy atom. The summed E-state index contributed by atoms with van der Waals surface area (Å²) in [6.07, 6.45) is 7.08. The summed E-state index contributed by atoms with van der Waals surface area (Å²) >= 11 is 0. The molecule has 0 amide bonds. The van der Waals surface area contributed by atoms with Crippen LogP contribution >= 0.6 is 0 Å². The molecule has 1 N–H and O–H groups in total. The zero-order valence-corrected chi connectivity index (χ0v) is 15.9. The Labute approximate surface area is 167 Å². The van der Waals surface area contributed by atoms with Crippen molar-refractivity contribution in [3.8, 4) is 11.3 Å². The third-order valence-corrected chi connectivity index (χ3v) is 5.47. The van der Waals surface area contributed by atoms with Crippen molar-refractivity contribution in [3.05, 3.63) is 71.3 Å². The Hall–Kier alpha value is -3.48. The Bertz CT molecular complexity index is 1140. The number of pyridine rings is 1. The highest BCUT2D eigenvalue weighted by molar-refractivity contribution is 5.74. The summed E-state index contributed by atoms with van der Waals surface area (Å²) in [4.78, 5) is 21.0. The predicted molar refractivity (Wildman–Crippen MR) is 111 cm³/mol. The monoisotopic (exact) mass is 387 g/mol. The molecule has 0 unspecified atom stereocenters. The van der Waals surface area contributed by atoms with E-state index in [0.29, 0.717) is 6.01 Å². The summed E-state index contributed by atoms with van der Waals surface area (Å²) in [5.74, 6) is 0. The fourth-order valence-electron chi connectivity index (χ4n) is 3.94. The van der Waals surface area contributed by atoms with Crippen molar-refractivity contribution in [2.24, 2.45) is 0 Å². The molecular formula is C22H21N5O2. The average molecular weight is 387 g/mol. The second kappa shape index (κ2) is 7.50. The highest BCUT2D eigenvalue weighted by Crippen LogP contribution is 2.30. The SMILES string of the molecule is O=c1ccc(-c2ccncc2)nn1C1CCC(Nc2nc3ccccc3o2)CC1. The number of oxazole rings is 1. The van der Waals surface area contributed by atoms with Crippen LogP contribution < -0.4 is 10.9 Å². The molecular weight excluding hydrogens is 366 g/mol. The molecule has 5 rings (SSSR count). The van der Waals surface area contributed by atoms with Crippen LogP contribution in [0.2, 0.25) is 0 Å². The number of para-hydroxylation sites is 2. The van der Waals surface area contributed by atoms with Gasteiger partial charge in [-0.1, -0.05) is 12.1 Å². The minimum Gasteiger partial charge on any atom is -0.424 e. The molecule has 29 heavy (non-hydrogen) atoms. The number of nitrogens with zero attached hydrogens (tertiary/aromatic N) is 4. The number of rotatable bonds is 4. The molecule has 4 aromatic rings. The van der Waals surface area contributed by atoms with Gasteiger partial charge in [0.2, 0.25) is 0 Å². The van der Waals surface area contributed by atoms with Crippen molar-refractivity contribution in [1.82, 2.24) is 19.7 Å². The third kappa shape index (κ3) is 3.63. The van der Waals surface area contributed by atoms with E-state index < -0.39 is 0 Å². The predicted octanol–water partition coefficient (Wildman–Crippen LogP) is 4.04. The molecule has 146 valence electrons. The largest absolute Gasteiger partial charge is 0.424 e. The lowest BCUT2D eigenvalue weighted by molar-refractivity contribution is 0.302. The van der Waals surface area contributed by atoms with Crippen LogP contribution in [0, 0.1) is 0 Å². The Morgan fingerprint density at radius 3 is 2.55 bits per heavy atom. The highest BCUT2D eigenvalue weighted by atomic mass is 16.4. The molecule has 0 bridgehead atoms. The van der Waals surface area contributed by atoms with Crippen LogP contribution in [0.1, 0.15) is 31.7 Å². The van der Waals surface area contributed by atoms with Gasteiger partial charge < -0.3 is 9.73 Å². The Morgan fingerprint density at radius 2 is 1.76 bits per heavy atom. The lowest BCUT2D eigenvalue weighted by Crippen LogP contribution is -2.33. The van der Waals surface area contributed by atoms with E-state index in [-0.39, 0.29) is 17.6 Å². The highest BCUT2D eigenvalue weighted by Gasteiger charge is 2.25. The van der Waals surface area contributed by atoms with Gasteiger partial charge in [-0.3, -0.25) is 9.78 Å². The summed E-state index contributed by atoms with van der Waals surface area (Å²) in [6, 6.07) is 15.9. The number of hydrogen-bond acceptors (Lipinski definition) is 6. The second-order valence-electron chi connectivity index (χ2n) is 7.37. The van der Waals surface area contributed by atoms with Crippen molar-refractivity contribution in [1.29, 1.82) is 0 Å². The first-order chi connectivity index (χ1) is 14.3. The van der Waals surface area contributed by atoms with Gasteiger partial charge in [0.05, 0.1) is 11.7 Å². The molecule has 3 heterocycles. The molecule has 1 aliphatic carbocycles. The number of fused-ring (bicyclic) bond motifs is 1. The quantitative estimate of drug-likeness (QED) is 0.569. The van der Waals surface area contributed by atoms with Crippen LogP contribution in [0.5, 0.6) is 0 Å². The van der Waals surface area contributed by atoms with Gasteiger partial charge in [-0.05, 0) is 56.0 Å². The van der Waals surface area contributed by atoms with E-state index in [1.165, 1.54) is 0 Å². The summed E-state index contributed by atoms with van der Waals surface area (Å²) < 4.78 is 7.42. The topological polar surface area (TPSA) is 85.8 Å². The number of benzene rings is 1. The van der Waals surface area contributed by atoms with Gasteiger partial charge in [0.25, 0.3) is 11.6 Å². The summed E-state index contributed by atoms with van der Waals surface area (Å²) in [7, 11) is 0. The lowest BCUT2D eigenvalue weighted by Gasteiger charge is -2.29. The van der Waals surface area contributed by atoms with Crippen LogP contribution in [0.3, 0.4) is 0 Å². The molecule has 1 aromatic carbocycles. The number of nitrogens with one attached hydrogen (secondary N) is 1. The van der Waals surface area contributed by atoms with E-state index >= 15 is 0 Å². The van der Waals surface area contributed by atoms with Crippen LogP contribution in [0.25, 0.3) is 22.4 Å². The molecule has 1 saturated carbocycles. The van der Waals surface area contributed by atoms with Crippen molar-refractivity contribution in [2.45, 2.75) is 37.8 Å². The standard InChI is InChI=1S/C22H21N5O2/c28-21-10-9-18(15-11-13-23-14-12-15)26-27(21)17-7-5-16(6-8-17)24-22-25-19-3-1-2-4-20(19)29-22/h1-4,9-14,16-17H,5-8H2,(H,24,25). The van der Waals surface area contributed by atoms with Crippen molar-refractivity contribution < 1.29 is 4.42 Å². The molecule has 1 fully saturated rings. The number of aromatic nitrogens is 4. The van der Waals surface area contributed by atoms with Gasteiger partial charge >= 0.3 is 0 Å². The molecule has 3 aromatic heterocycles. The first kappa shape index (κ1) is 17.6. The first-order valence-corrected chi connectivity index (χ1v) is 9.89. The normalized spacial score (nSPS) is 19.3. The van der Waals surface area contributed by atoms with E-state index in [1.54, 1.807) is 29.2 Å². The van der Waals surface area contributed by atoms with E-state index in [1.807, 2.05) is 36.4 Å². The summed E-state index contributed by atoms with van der Waals surface area (Å²) in [5.41, 5.74) is 3.33. The van der Waals surface area contributed by atoms with Crippen LogP contribution in [0.4, 0.5) is 6.01 Å². The fraction of sp³-hybridized carbons (Fsp3) is 0.273. The lowest BCUT2D eigenvalue weighted by atomic mass is 9.91. The van der Waals surface area contributed by atoms with Gasteiger partial charge in [0.15, 0.2) is 5.58 Å². The van der Waals surface area contributed by atoms with Crippen LogP contribution in [0.15, 0.2) is 70.1 Å². The van der Waals surface area contributed by atoms with Crippen LogP contribution in [-0.4, -0.2) is 25.8 Å². The van der Waals surface area contributed by atoms with E-state index in [2.05, 4.69) is 20.4 Å². The molecule has 0 saturated heterocycles. The Kier molecular flexibility index (Phi) is 4.56. The first-order valence-electron chi connectivity index (χ1n) is 9.89. The van der Waals surface area contributed by atoms with Crippen molar-refractivity contribution in [2.75, 3.05) is 5.32 Å². The van der Waals surface area contributed by atoms with Gasteiger partial charge in [0.1, 0.15) is 5.52 Å². The van der Waals surface area contributed by atoms with Crippen LogP contribution in [-0.2, 0) is 0 Å². The molecule has 1 aliphatic rings. The molecule has 0 radical (unpaired) electrons. The maximum absolute atomic E-state index is 12.4. The van der Waals surface area contributed by atoms with Gasteiger partial charge in [-0.2, -0.15) is 10.1 Å². The number of hydrogen-bond donors (Lipinski definition) is 1. The molecule has 7 nitrogen and oxygen atoms in total. The van der Waals surface area contributed by atoms with E-state index in [4.69, 9.17) is 4.42 Å². The van der Waals surface area contributed by atoms with Crippen molar-refractivity contribution >= 4 is 17.1 Å². The zero-order chi connectivity index (χ0) is 19.6. The molecule has 0 spiro atoms. The second-order valence-corrected chi connectivity index (χ2v) is 7.37. The molecule has 0 atom stereocenters. The third-order valence-electron chi connectivity index (χ3n) is 5.47. The summed E-state index contributed by atoms with van der Waals surface area (Å²) in [6.45, 7) is 0. The molecule has 0 aliphatic heterocycles. The smallest absolute Gasteiger partial charge is 0.295 e. The zero-order valence-electron chi connectivity index (χ0n) is 15.9. The maximum Gasteiger partial charge on any atom is 0.295 e. The Balaban J connectivity index is 1.28. The van der Waals surface area contributed by atoms with Crippen molar-refractivity contribution in [3.63, 3.8) is 0 Å². The van der Waals surface area contributed by atoms with E-state index in [9.17, 15) is 4.79 Å². The van der Waals surface area contributed by atoms with E-state index in [0.717, 1.165) is 48.0 Å². The maximum atomic E-state index is 12.4. The molecule has 7 heteroatoms. The fourth-order valence-corrected chi connectivity index (χ4v) is 3.94. The van der Waals surface area contributed by atoms with Gasteiger partial charge in [-0.25, -0.2) is 4.68 Å². The van der Waals surface area contributed by atoms with Gasteiger partial charge in [-0.15, -0.1) is 0 Å². The average Bonchev–Trinajstić information content (AvgIpc) is 3.18. The number of anilines is 1. The minimum absolute atomic E-state index is 0.0573. The minimum atomic E-state index is -0.0573. The van der Waals surface area contributed by atoms with Gasteiger partial charge in [0, 0.05) is 30.1 Å².